The van der Waals surface area contributed by atoms with Crippen LogP contribution >= 0.6 is 11.8 Å². The average molecular weight is 292 g/mol. The molecule has 3 rings (SSSR count). The zero-order chi connectivity index (χ0) is 14.5. The van der Waals surface area contributed by atoms with E-state index in [9.17, 15) is 0 Å². The van der Waals surface area contributed by atoms with E-state index in [0.717, 1.165) is 16.7 Å². The molecule has 102 valence electrons. The largest absolute Gasteiger partial charge is 0.321 e. The lowest BCUT2D eigenvalue weighted by Gasteiger charge is -2.07. The van der Waals surface area contributed by atoms with E-state index in [-0.39, 0.29) is 0 Å². The molecule has 0 atom stereocenters. The predicted molar refractivity (Wildman–Crippen MR) is 80.8 cm³/mol. The Morgan fingerprint density at radius 3 is 2.67 bits per heavy atom. The summed E-state index contributed by atoms with van der Waals surface area (Å²) in [6.45, 7) is 0.777. The van der Waals surface area contributed by atoms with Gasteiger partial charge in [-0.25, -0.2) is 9.97 Å². The molecule has 0 fully saturated rings. The Bertz CT molecular complexity index is 757. The van der Waals surface area contributed by atoms with E-state index in [1.165, 1.54) is 17.3 Å². The molecule has 2 aromatic heterocycles. The maximum Gasteiger partial charge on any atom is 0.174 e. The number of rotatable bonds is 4. The highest BCUT2D eigenvalue weighted by Crippen LogP contribution is 2.24. The van der Waals surface area contributed by atoms with Crippen LogP contribution in [0.2, 0.25) is 0 Å². The Morgan fingerprint density at radius 1 is 1.10 bits per heavy atom. The fraction of sp³-hybridized carbons (Fsp3) is 0.0625. The van der Waals surface area contributed by atoms with Crippen LogP contribution in [-0.2, 0) is 6.54 Å². The molecule has 0 saturated heterocycles. The summed E-state index contributed by atoms with van der Waals surface area (Å²) in [5.41, 5.74) is 1.79. The number of imidazole rings is 1. The molecule has 0 aliphatic heterocycles. The molecule has 0 amide bonds. The van der Waals surface area contributed by atoms with Crippen LogP contribution in [0.25, 0.3) is 0 Å². The van der Waals surface area contributed by atoms with E-state index in [1.54, 1.807) is 18.5 Å². The molecule has 5 heteroatoms. The number of pyridine rings is 1. The predicted octanol–water partition coefficient (Wildman–Crippen LogP) is 3.35. The Hall–Kier alpha value is -2.58. The maximum atomic E-state index is 8.78. The molecule has 0 aliphatic rings. The molecule has 0 radical (unpaired) electrons. The molecule has 4 nitrogen and oxygen atoms in total. The van der Waals surface area contributed by atoms with Crippen LogP contribution in [0.15, 0.2) is 71.2 Å². The first-order valence-corrected chi connectivity index (χ1v) is 7.26. The first kappa shape index (κ1) is 13.4. The lowest BCUT2D eigenvalue weighted by Crippen LogP contribution is -2.00. The smallest absolute Gasteiger partial charge is 0.174 e. The molecule has 21 heavy (non-hydrogen) atoms. The second-order valence-corrected chi connectivity index (χ2v) is 5.41. The van der Waals surface area contributed by atoms with Crippen LogP contribution in [-0.4, -0.2) is 14.5 Å². The molecule has 0 N–H and O–H groups in total. The third kappa shape index (κ3) is 3.30. The highest BCUT2D eigenvalue weighted by atomic mass is 32.2. The van der Waals surface area contributed by atoms with E-state index in [1.807, 2.05) is 30.5 Å². The standard InChI is InChI=1S/C16H12N4S/c17-10-14-6-7-15(19-11-14)21-16-18-8-9-20(16)12-13-4-2-1-3-5-13/h1-9,11H,12H2. The van der Waals surface area contributed by atoms with Crippen LogP contribution in [0.5, 0.6) is 0 Å². The number of hydrogen-bond acceptors (Lipinski definition) is 4. The maximum absolute atomic E-state index is 8.78. The molecular formula is C16H12N4S. The van der Waals surface area contributed by atoms with Crippen LogP contribution in [0.4, 0.5) is 0 Å². The molecular weight excluding hydrogens is 280 g/mol. The third-order valence-corrected chi connectivity index (χ3v) is 3.91. The van der Waals surface area contributed by atoms with Gasteiger partial charge in [0.2, 0.25) is 0 Å². The summed E-state index contributed by atoms with van der Waals surface area (Å²) in [5.74, 6) is 0. The topological polar surface area (TPSA) is 54.5 Å². The van der Waals surface area contributed by atoms with Gasteiger partial charge in [0.15, 0.2) is 5.16 Å². The van der Waals surface area contributed by atoms with Gasteiger partial charge >= 0.3 is 0 Å². The van der Waals surface area contributed by atoms with Crippen molar-refractivity contribution in [3.05, 3.63) is 72.2 Å². The molecule has 2 heterocycles. The van der Waals surface area contributed by atoms with Crippen molar-refractivity contribution in [1.29, 1.82) is 5.26 Å². The fourth-order valence-electron chi connectivity index (χ4n) is 1.90. The minimum Gasteiger partial charge on any atom is -0.321 e. The molecule has 1 aromatic carbocycles. The van der Waals surface area contributed by atoms with Crippen LogP contribution in [0, 0.1) is 11.3 Å². The van der Waals surface area contributed by atoms with Crippen molar-refractivity contribution in [2.24, 2.45) is 0 Å². The third-order valence-electron chi connectivity index (χ3n) is 2.93. The molecule has 0 spiro atoms. The van der Waals surface area contributed by atoms with Crippen LogP contribution in [0.3, 0.4) is 0 Å². The molecule has 0 bridgehead atoms. The number of nitriles is 1. The van der Waals surface area contributed by atoms with Crippen LogP contribution in [0.1, 0.15) is 11.1 Å². The zero-order valence-corrected chi connectivity index (χ0v) is 12.0. The van der Waals surface area contributed by atoms with Crippen molar-refractivity contribution < 1.29 is 0 Å². The summed E-state index contributed by atoms with van der Waals surface area (Å²) in [6, 6.07) is 15.9. The summed E-state index contributed by atoms with van der Waals surface area (Å²) in [5, 5.41) is 10.5. The Kier molecular flexibility index (Phi) is 3.99. The van der Waals surface area contributed by atoms with Gasteiger partial charge in [-0.05, 0) is 29.5 Å². The van der Waals surface area contributed by atoms with Crippen molar-refractivity contribution in [1.82, 2.24) is 14.5 Å². The minimum absolute atomic E-state index is 0.562. The van der Waals surface area contributed by atoms with Gasteiger partial charge in [-0.3, -0.25) is 0 Å². The summed E-state index contributed by atoms with van der Waals surface area (Å²) in [4.78, 5) is 8.63. The average Bonchev–Trinajstić information content (AvgIpc) is 2.96. The number of hydrogen-bond donors (Lipinski definition) is 0. The number of benzene rings is 1. The Balaban J connectivity index is 1.77. The van der Waals surface area contributed by atoms with E-state index in [0.29, 0.717) is 5.56 Å². The van der Waals surface area contributed by atoms with Gasteiger partial charge in [0, 0.05) is 25.1 Å². The lowest BCUT2D eigenvalue weighted by molar-refractivity contribution is 0.708. The van der Waals surface area contributed by atoms with E-state index in [2.05, 4.69) is 32.7 Å². The molecule has 0 aliphatic carbocycles. The van der Waals surface area contributed by atoms with E-state index in [4.69, 9.17) is 5.26 Å². The van der Waals surface area contributed by atoms with Gasteiger partial charge in [-0.15, -0.1) is 0 Å². The van der Waals surface area contributed by atoms with Gasteiger partial charge in [0.05, 0.1) is 5.56 Å². The van der Waals surface area contributed by atoms with Gasteiger partial charge in [-0.2, -0.15) is 5.26 Å². The van der Waals surface area contributed by atoms with Gasteiger partial charge in [-0.1, -0.05) is 30.3 Å². The molecule has 0 unspecified atom stereocenters. The Labute approximate surface area is 127 Å². The van der Waals surface area contributed by atoms with Gasteiger partial charge in [0.1, 0.15) is 11.1 Å². The second kappa shape index (κ2) is 6.25. The fourth-order valence-corrected chi connectivity index (χ4v) is 2.69. The summed E-state index contributed by atoms with van der Waals surface area (Å²) < 4.78 is 2.08. The van der Waals surface area contributed by atoms with Crippen molar-refractivity contribution >= 4 is 11.8 Å². The van der Waals surface area contributed by atoms with E-state index < -0.39 is 0 Å². The highest BCUT2D eigenvalue weighted by Gasteiger charge is 2.07. The van der Waals surface area contributed by atoms with Gasteiger partial charge in [0.25, 0.3) is 0 Å². The van der Waals surface area contributed by atoms with Crippen molar-refractivity contribution in [3.63, 3.8) is 0 Å². The summed E-state index contributed by atoms with van der Waals surface area (Å²) in [7, 11) is 0. The lowest BCUT2D eigenvalue weighted by atomic mass is 10.2. The molecule has 0 saturated carbocycles. The number of nitrogens with zero attached hydrogens (tertiary/aromatic N) is 4. The first-order chi connectivity index (χ1) is 10.3. The zero-order valence-electron chi connectivity index (χ0n) is 11.2. The quantitative estimate of drug-likeness (QED) is 0.740. The van der Waals surface area contributed by atoms with Gasteiger partial charge < -0.3 is 4.57 Å². The van der Waals surface area contributed by atoms with Crippen molar-refractivity contribution in [2.45, 2.75) is 16.7 Å². The van der Waals surface area contributed by atoms with Crippen LogP contribution < -0.4 is 0 Å². The normalized spacial score (nSPS) is 10.2. The minimum atomic E-state index is 0.562. The van der Waals surface area contributed by atoms with E-state index >= 15 is 0 Å². The molecule has 3 aromatic rings. The van der Waals surface area contributed by atoms with Crippen molar-refractivity contribution in [2.75, 3.05) is 0 Å². The SMILES string of the molecule is N#Cc1ccc(Sc2nccn2Cc2ccccc2)nc1. The summed E-state index contributed by atoms with van der Waals surface area (Å²) in [6.07, 6.45) is 5.32. The van der Waals surface area contributed by atoms with Crippen molar-refractivity contribution in [3.8, 4) is 6.07 Å². The summed E-state index contributed by atoms with van der Waals surface area (Å²) >= 11 is 1.49. The highest BCUT2D eigenvalue weighted by molar-refractivity contribution is 7.99. The Morgan fingerprint density at radius 2 is 1.95 bits per heavy atom. The number of aromatic nitrogens is 3. The second-order valence-electron chi connectivity index (χ2n) is 4.42. The monoisotopic (exact) mass is 292 g/mol. The first-order valence-electron chi connectivity index (χ1n) is 6.44.